The lowest BCUT2D eigenvalue weighted by Gasteiger charge is -2.45. The van der Waals surface area contributed by atoms with E-state index >= 15 is 0 Å². The Kier molecular flexibility index (Phi) is 10.3. The van der Waals surface area contributed by atoms with Crippen LogP contribution in [0.3, 0.4) is 0 Å². The van der Waals surface area contributed by atoms with Crippen LogP contribution >= 0.6 is 0 Å². The molecule has 6 rings (SSSR count). The first-order valence-corrected chi connectivity index (χ1v) is 15.2. The number of carbonyl (C=O) groups is 1. The molecule has 1 spiro atoms. The number of carbonyl (C=O) groups excluding carboxylic acids is 1. The van der Waals surface area contributed by atoms with Crippen molar-refractivity contribution in [3.63, 3.8) is 0 Å². The summed E-state index contributed by atoms with van der Waals surface area (Å²) in [6.45, 7) is 1.40. The molecule has 8 heteroatoms. The summed E-state index contributed by atoms with van der Waals surface area (Å²) < 4.78 is 43.9. The maximum atomic E-state index is 12.9. The molecule has 6 atom stereocenters. The maximum Gasteiger partial charge on any atom is 0.340 e. The number of methoxy groups -OCH3 is 1. The van der Waals surface area contributed by atoms with E-state index in [1.165, 1.54) is 7.11 Å². The van der Waals surface area contributed by atoms with Crippen molar-refractivity contribution >= 4 is 5.97 Å². The van der Waals surface area contributed by atoms with Crippen molar-refractivity contribution < 1.29 is 38.0 Å². The van der Waals surface area contributed by atoms with Crippen LogP contribution in [-0.2, 0) is 64.4 Å². The van der Waals surface area contributed by atoms with Gasteiger partial charge in [0.15, 0.2) is 0 Å². The van der Waals surface area contributed by atoms with Gasteiger partial charge in [-0.15, -0.1) is 0 Å². The number of ether oxygens (including phenoxy) is 7. The number of epoxide rings is 1. The number of benzene rings is 4. The van der Waals surface area contributed by atoms with Gasteiger partial charge >= 0.3 is 5.97 Å². The van der Waals surface area contributed by atoms with Crippen LogP contribution in [0.5, 0.6) is 0 Å². The quantitative estimate of drug-likeness (QED) is 0.134. The molecule has 2 fully saturated rings. The van der Waals surface area contributed by atoms with E-state index in [0.29, 0.717) is 19.8 Å². The third kappa shape index (κ3) is 7.68. The fraction of sp³-hybridized carbons (Fsp3) is 0.324. The third-order valence-electron chi connectivity index (χ3n) is 7.98. The van der Waals surface area contributed by atoms with Gasteiger partial charge in [-0.05, 0) is 22.3 Å². The minimum Gasteiger partial charge on any atom is -0.467 e. The van der Waals surface area contributed by atoms with E-state index in [9.17, 15) is 4.79 Å². The van der Waals surface area contributed by atoms with Crippen molar-refractivity contribution in [2.75, 3.05) is 13.7 Å². The first kappa shape index (κ1) is 31.1. The minimum atomic E-state index is -1.43. The van der Waals surface area contributed by atoms with Gasteiger partial charge in [0.25, 0.3) is 0 Å². The summed E-state index contributed by atoms with van der Waals surface area (Å²) in [4.78, 5) is 12.9. The van der Waals surface area contributed by atoms with Gasteiger partial charge < -0.3 is 33.2 Å². The Morgan fingerprint density at radius 1 is 0.600 bits per heavy atom. The molecule has 0 aromatic heterocycles. The zero-order valence-corrected chi connectivity index (χ0v) is 25.2. The average molecular weight is 611 g/mol. The lowest BCUT2D eigenvalue weighted by Crippen LogP contribution is -2.64. The zero-order chi connectivity index (χ0) is 30.9. The van der Waals surface area contributed by atoms with E-state index in [0.717, 1.165) is 22.3 Å². The lowest BCUT2D eigenvalue weighted by molar-refractivity contribution is -0.304. The second-order valence-corrected chi connectivity index (χ2v) is 11.1. The van der Waals surface area contributed by atoms with E-state index in [2.05, 4.69) is 0 Å². The predicted octanol–water partition coefficient (Wildman–Crippen LogP) is 5.63. The summed E-state index contributed by atoms with van der Waals surface area (Å²) in [7, 11) is 1.33. The minimum absolute atomic E-state index is 0.171. The summed E-state index contributed by atoms with van der Waals surface area (Å²) >= 11 is 0. The van der Waals surface area contributed by atoms with E-state index in [1.807, 2.05) is 121 Å². The van der Waals surface area contributed by atoms with Crippen molar-refractivity contribution in [3.8, 4) is 0 Å². The molecule has 8 nitrogen and oxygen atoms in total. The molecule has 0 amide bonds. The first-order valence-electron chi connectivity index (χ1n) is 15.2. The monoisotopic (exact) mass is 610 g/mol. The van der Waals surface area contributed by atoms with Crippen molar-refractivity contribution in [1.29, 1.82) is 0 Å². The first-order chi connectivity index (χ1) is 22.2. The summed E-state index contributed by atoms with van der Waals surface area (Å²) in [6, 6.07) is 39.5. The van der Waals surface area contributed by atoms with E-state index < -0.39 is 42.3 Å². The van der Waals surface area contributed by atoms with E-state index in [-0.39, 0.29) is 13.2 Å². The Morgan fingerprint density at radius 2 is 1.04 bits per heavy atom. The van der Waals surface area contributed by atoms with Crippen molar-refractivity contribution in [3.05, 3.63) is 144 Å². The van der Waals surface area contributed by atoms with Crippen LogP contribution < -0.4 is 0 Å². The SMILES string of the molecule is COC(=O)C1O[C@@]12OC(COCc1ccccc1)[C@H](OCc1ccccc1)[C@H](OCc1ccccc1)C2OCc1ccccc1. The van der Waals surface area contributed by atoms with Crippen LogP contribution in [0, 0.1) is 0 Å². The molecular weight excluding hydrogens is 572 g/mol. The molecule has 45 heavy (non-hydrogen) atoms. The van der Waals surface area contributed by atoms with Crippen molar-refractivity contribution in [2.45, 2.75) is 62.7 Å². The van der Waals surface area contributed by atoms with Crippen LogP contribution in [0.1, 0.15) is 22.3 Å². The Labute approximate surface area is 263 Å². The molecule has 0 saturated carbocycles. The van der Waals surface area contributed by atoms with Gasteiger partial charge in [0.1, 0.15) is 24.4 Å². The van der Waals surface area contributed by atoms with Crippen LogP contribution in [0.4, 0.5) is 0 Å². The Hall–Kier alpha value is -3.89. The molecule has 234 valence electrons. The lowest BCUT2D eigenvalue weighted by atomic mass is 9.92. The summed E-state index contributed by atoms with van der Waals surface area (Å²) in [6.07, 6.45) is -3.77. The van der Waals surface area contributed by atoms with Crippen molar-refractivity contribution in [1.82, 2.24) is 0 Å². The van der Waals surface area contributed by atoms with Gasteiger partial charge in [-0.3, -0.25) is 0 Å². The number of esters is 1. The molecule has 3 unspecified atom stereocenters. The Bertz CT molecular complexity index is 1470. The number of hydrogen-bond acceptors (Lipinski definition) is 8. The molecule has 2 saturated heterocycles. The molecule has 4 aromatic rings. The van der Waals surface area contributed by atoms with Crippen LogP contribution in [0.25, 0.3) is 0 Å². The molecule has 0 aliphatic carbocycles. The van der Waals surface area contributed by atoms with E-state index in [1.54, 1.807) is 0 Å². The normalized spacial score (nSPS) is 25.6. The molecule has 2 heterocycles. The van der Waals surface area contributed by atoms with Crippen molar-refractivity contribution in [2.24, 2.45) is 0 Å². The summed E-state index contributed by atoms with van der Waals surface area (Å²) in [5.41, 5.74) is 3.97. The van der Waals surface area contributed by atoms with Crippen LogP contribution in [-0.4, -0.2) is 56.0 Å². The highest BCUT2D eigenvalue weighted by molar-refractivity contribution is 5.79. The van der Waals surface area contributed by atoms with Gasteiger partial charge in [-0.2, -0.15) is 0 Å². The second-order valence-electron chi connectivity index (χ2n) is 11.1. The number of rotatable bonds is 14. The van der Waals surface area contributed by atoms with Gasteiger partial charge in [0.05, 0.1) is 40.1 Å². The third-order valence-corrected chi connectivity index (χ3v) is 7.98. The van der Waals surface area contributed by atoms with Gasteiger partial charge in [-0.25, -0.2) is 4.79 Å². The maximum absolute atomic E-state index is 12.9. The molecule has 2 aliphatic heterocycles. The summed E-state index contributed by atoms with van der Waals surface area (Å²) in [5.74, 6) is -1.98. The summed E-state index contributed by atoms with van der Waals surface area (Å²) in [5, 5.41) is 0. The standard InChI is InChI=1S/C37H38O8/c1-39-36(38)35-37(45-35)34(43-25-30-20-12-5-13-21-30)33(42-24-29-18-10-4-11-19-29)32(41-23-28-16-8-3-9-17-28)31(44-37)26-40-22-27-14-6-2-7-15-27/h2-21,31-35H,22-26H2,1H3/t31?,32-,33-,34?,35?,37+/m0/s1. The van der Waals surface area contributed by atoms with Crippen LogP contribution in [0.2, 0.25) is 0 Å². The molecule has 2 aliphatic rings. The largest absolute Gasteiger partial charge is 0.467 e. The molecule has 0 radical (unpaired) electrons. The second kappa shape index (κ2) is 14.9. The topological polar surface area (TPSA) is 85.0 Å². The average Bonchev–Trinajstić information content (AvgIpc) is 3.81. The molecule has 0 N–H and O–H groups in total. The van der Waals surface area contributed by atoms with E-state index in [4.69, 9.17) is 33.2 Å². The smallest absolute Gasteiger partial charge is 0.340 e. The molecule has 0 bridgehead atoms. The molecular formula is C37H38O8. The highest BCUT2D eigenvalue weighted by Gasteiger charge is 2.74. The number of hydrogen-bond donors (Lipinski definition) is 0. The fourth-order valence-electron chi connectivity index (χ4n) is 5.64. The molecule has 4 aromatic carbocycles. The fourth-order valence-corrected chi connectivity index (χ4v) is 5.64. The Balaban J connectivity index is 1.32. The highest BCUT2D eigenvalue weighted by Crippen LogP contribution is 2.50. The zero-order valence-electron chi connectivity index (χ0n) is 25.2. The van der Waals surface area contributed by atoms with Gasteiger partial charge in [0.2, 0.25) is 11.9 Å². The van der Waals surface area contributed by atoms with Gasteiger partial charge in [-0.1, -0.05) is 121 Å². The van der Waals surface area contributed by atoms with Crippen LogP contribution in [0.15, 0.2) is 121 Å². The predicted molar refractivity (Wildman–Crippen MR) is 166 cm³/mol. The van der Waals surface area contributed by atoms with Gasteiger partial charge in [0, 0.05) is 0 Å². The highest BCUT2D eigenvalue weighted by atomic mass is 16.8. The Morgan fingerprint density at radius 3 is 1.53 bits per heavy atom.